The summed E-state index contributed by atoms with van der Waals surface area (Å²) < 4.78 is 1.97. The molecule has 1 aliphatic rings. The molecule has 0 spiro atoms. The fourth-order valence-electron chi connectivity index (χ4n) is 1.95. The first-order chi connectivity index (χ1) is 7.43. The molecule has 0 unspecified atom stereocenters. The summed E-state index contributed by atoms with van der Waals surface area (Å²) in [6, 6.07) is 10.2. The van der Waals surface area contributed by atoms with Crippen LogP contribution in [0.4, 0.5) is 0 Å². The van der Waals surface area contributed by atoms with Crippen LogP contribution < -0.4 is 5.32 Å². The van der Waals surface area contributed by atoms with Crippen molar-refractivity contribution in [1.29, 1.82) is 0 Å². The Morgan fingerprint density at radius 3 is 2.87 bits per heavy atom. The average Bonchev–Trinajstić information content (AvgIpc) is 2.74. The van der Waals surface area contributed by atoms with Crippen LogP contribution in [-0.4, -0.2) is 16.3 Å². The van der Waals surface area contributed by atoms with E-state index in [9.17, 15) is 0 Å². The third-order valence-electron chi connectivity index (χ3n) is 2.76. The van der Waals surface area contributed by atoms with Crippen LogP contribution in [0.15, 0.2) is 36.5 Å². The van der Waals surface area contributed by atoms with Crippen LogP contribution in [0.25, 0.3) is 5.69 Å². The van der Waals surface area contributed by atoms with E-state index in [1.54, 1.807) is 0 Å². The summed E-state index contributed by atoms with van der Waals surface area (Å²) in [6.07, 6.45) is 3.23. The van der Waals surface area contributed by atoms with Crippen LogP contribution in [-0.2, 0) is 13.0 Å². The number of para-hydroxylation sites is 1. The fourth-order valence-corrected chi connectivity index (χ4v) is 1.95. The Balaban J connectivity index is 2.03. The maximum atomic E-state index is 4.58. The first-order valence-electron chi connectivity index (χ1n) is 5.27. The van der Waals surface area contributed by atoms with Crippen molar-refractivity contribution in [3.63, 3.8) is 0 Å². The van der Waals surface area contributed by atoms with Crippen molar-refractivity contribution in [2.45, 2.75) is 13.0 Å². The molecule has 1 N–H and O–H groups in total. The highest BCUT2D eigenvalue weighted by Gasteiger charge is 2.12. The molecule has 0 fully saturated rings. The number of fused-ring (bicyclic) bond motifs is 1. The van der Waals surface area contributed by atoms with Gasteiger partial charge in [-0.1, -0.05) is 18.2 Å². The highest BCUT2D eigenvalue weighted by atomic mass is 15.3. The normalized spacial score (nSPS) is 14.9. The summed E-state index contributed by atoms with van der Waals surface area (Å²) in [5, 5.41) is 7.91. The third-order valence-corrected chi connectivity index (χ3v) is 2.76. The van der Waals surface area contributed by atoms with Gasteiger partial charge in [-0.25, -0.2) is 4.68 Å². The van der Waals surface area contributed by atoms with Gasteiger partial charge < -0.3 is 5.32 Å². The van der Waals surface area contributed by atoms with Crippen molar-refractivity contribution in [2.75, 3.05) is 6.54 Å². The second kappa shape index (κ2) is 3.51. The summed E-state index contributed by atoms with van der Waals surface area (Å²) in [7, 11) is 0. The molecular weight excluding hydrogens is 186 g/mol. The molecule has 0 amide bonds. The minimum Gasteiger partial charge on any atom is -0.311 e. The van der Waals surface area contributed by atoms with Crippen LogP contribution in [0.3, 0.4) is 0 Å². The van der Waals surface area contributed by atoms with E-state index in [-0.39, 0.29) is 0 Å². The van der Waals surface area contributed by atoms with Crippen molar-refractivity contribution in [3.8, 4) is 5.69 Å². The van der Waals surface area contributed by atoms with Gasteiger partial charge >= 0.3 is 0 Å². The molecule has 0 bridgehead atoms. The lowest BCUT2D eigenvalue weighted by molar-refractivity contribution is 0.629. The molecule has 2 aromatic rings. The number of nitrogens with one attached hydrogen (secondary N) is 1. The first-order valence-corrected chi connectivity index (χ1v) is 5.27. The van der Waals surface area contributed by atoms with E-state index in [1.165, 1.54) is 11.3 Å². The number of aromatic nitrogens is 2. The molecule has 0 saturated heterocycles. The van der Waals surface area contributed by atoms with Crippen LogP contribution in [0.2, 0.25) is 0 Å². The molecule has 0 radical (unpaired) electrons. The lowest BCUT2D eigenvalue weighted by Crippen LogP contribution is -2.22. The van der Waals surface area contributed by atoms with Gasteiger partial charge in [-0.2, -0.15) is 5.10 Å². The summed E-state index contributed by atoms with van der Waals surface area (Å²) in [5.41, 5.74) is 3.69. The zero-order valence-corrected chi connectivity index (χ0v) is 8.48. The Labute approximate surface area is 88.7 Å². The molecule has 2 heterocycles. The molecule has 1 aliphatic heterocycles. The number of hydrogen-bond donors (Lipinski definition) is 1. The average molecular weight is 199 g/mol. The van der Waals surface area contributed by atoms with Crippen molar-refractivity contribution in [3.05, 3.63) is 47.8 Å². The zero-order valence-electron chi connectivity index (χ0n) is 8.48. The number of benzene rings is 1. The lowest BCUT2D eigenvalue weighted by atomic mass is 10.1. The smallest absolute Gasteiger partial charge is 0.0799 e. The molecule has 0 saturated carbocycles. The van der Waals surface area contributed by atoms with Crippen molar-refractivity contribution >= 4 is 0 Å². The zero-order chi connectivity index (χ0) is 10.1. The van der Waals surface area contributed by atoms with E-state index in [2.05, 4.69) is 28.7 Å². The van der Waals surface area contributed by atoms with Gasteiger partial charge in [-0.3, -0.25) is 0 Å². The molecule has 3 rings (SSSR count). The van der Waals surface area contributed by atoms with Crippen molar-refractivity contribution in [1.82, 2.24) is 15.1 Å². The second-order valence-corrected chi connectivity index (χ2v) is 3.81. The maximum absolute atomic E-state index is 4.58. The number of rotatable bonds is 1. The Kier molecular flexibility index (Phi) is 2.03. The molecule has 1 aromatic carbocycles. The molecule has 76 valence electrons. The van der Waals surface area contributed by atoms with E-state index in [4.69, 9.17) is 0 Å². The van der Waals surface area contributed by atoms with E-state index in [1.807, 2.05) is 22.9 Å². The van der Waals surface area contributed by atoms with E-state index < -0.39 is 0 Å². The summed E-state index contributed by atoms with van der Waals surface area (Å²) in [5.74, 6) is 0. The van der Waals surface area contributed by atoms with E-state index >= 15 is 0 Å². The van der Waals surface area contributed by atoms with Gasteiger partial charge in [0.15, 0.2) is 0 Å². The minimum absolute atomic E-state index is 0.898. The SMILES string of the molecule is c1ccc(-n2cc3c(n2)CNCC3)cc1. The van der Waals surface area contributed by atoms with Gasteiger partial charge in [-0.15, -0.1) is 0 Å². The quantitative estimate of drug-likeness (QED) is 0.754. The maximum Gasteiger partial charge on any atom is 0.0799 e. The monoisotopic (exact) mass is 199 g/mol. The van der Waals surface area contributed by atoms with Gasteiger partial charge in [-0.05, 0) is 30.7 Å². The fraction of sp³-hybridized carbons (Fsp3) is 0.250. The molecule has 3 heteroatoms. The van der Waals surface area contributed by atoms with Crippen LogP contribution >= 0.6 is 0 Å². The van der Waals surface area contributed by atoms with Crippen LogP contribution in [0, 0.1) is 0 Å². The van der Waals surface area contributed by atoms with Crippen molar-refractivity contribution < 1.29 is 0 Å². The molecular formula is C12H13N3. The molecule has 3 nitrogen and oxygen atoms in total. The molecule has 1 aromatic heterocycles. The number of hydrogen-bond acceptors (Lipinski definition) is 2. The van der Waals surface area contributed by atoms with Gasteiger partial charge in [0.05, 0.1) is 11.4 Å². The highest BCUT2D eigenvalue weighted by molar-refractivity contribution is 5.33. The highest BCUT2D eigenvalue weighted by Crippen LogP contribution is 2.14. The first kappa shape index (κ1) is 8.68. The number of nitrogens with zero attached hydrogens (tertiary/aromatic N) is 2. The standard InChI is InChI=1S/C12H13N3/c1-2-4-11(5-3-1)15-9-10-6-7-13-8-12(10)14-15/h1-5,9,13H,6-8H2. The summed E-state index contributed by atoms with van der Waals surface area (Å²) in [6.45, 7) is 1.96. The Morgan fingerprint density at radius 2 is 2.07 bits per heavy atom. The predicted molar refractivity (Wildman–Crippen MR) is 59.0 cm³/mol. The Hall–Kier alpha value is -1.61. The van der Waals surface area contributed by atoms with Crippen LogP contribution in [0.5, 0.6) is 0 Å². The van der Waals surface area contributed by atoms with Gasteiger partial charge in [0.25, 0.3) is 0 Å². The topological polar surface area (TPSA) is 29.9 Å². The second-order valence-electron chi connectivity index (χ2n) is 3.81. The van der Waals surface area contributed by atoms with Gasteiger partial charge in [0.2, 0.25) is 0 Å². The third kappa shape index (κ3) is 1.55. The Bertz CT molecular complexity index is 435. The lowest BCUT2D eigenvalue weighted by Gasteiger charge is -2.09. The molecule has 0 aliphatic carbocycles. The summed E-state index contributed by atoms with van der Waals surface area (Å²) >= 11 is 0. The van der Waals surface area contributed by atoms with Crippen molar-refractivity contribution in [2.24, 2.45) is 0 Å². The molecule has 0 atom stereocenters. The summed E-state index contributed by atoms with van der Waals surface area (Å²) in [4.78, 5) is 0. The Morgan fingerprint density at radius 1 is 1.20 bits per heavy atom. The van der Waals surface area contributed by atoms with Gasteiger partial charge in [0, 0.05) is 12.7 Å². The van der Waals surface area contributed by atoms with Crippen LogP contribution in [0.1, 0.15) is 11.3 Å². The van der Waals surface area contributed by atoms with E-state index in [0.717, 1.165) is 25.2 Å². The van der Waals surface area contributed by atoms with E-state index in [0.29, 0.717) is 0 Å². The van der Waals surface area contributed by atoms with Gasteiger partial charge in [0.1, 0.15) is 0 Å². The predicted octanol–water partition coefficient (Wildman–Crippen LogP) is 1.52. The molecule has 15 heavy (non-hydrogen) atoms. The largest absolute Gasteiger partial charge is 0.311 e. The minimum atomic E-state index is 0.898.